The van der Waals surface area contributed by atoms with Crippen molar-refractivity contribution in [2.24, 2.45) is 0 Å². The molecule has 2 N–H and O–H groups in total. The number of halogens is 1. The summed E-state index contributed by atoms with van der Waals surface area (Å²) in [6.07, 6.45) is 3.00. The number of nitrogens with one attached hydrogen (secondary N) is 2. The normalized spacial score (nSPS) is 11.0. The molecular formula is C15H15BrN4O2. The minimum absolute atomic E-state index is 0.192. The third-order valence-corrected chi connectivity index (χ3v) is 3.94. The Morgan fingerprint density at radius 2 is 2.32 bits per heavy atom. The van der Waals surface area contributed by atoms with Crippen LogP contribution in [-0.2, 0) is 6.42 Å². The number of aromatic amines is 1. The molecule has 114 valence electrons. The van der Waals surface area contributed by atoms with E-state index < -0.39 is 0 Å². The lowest BCUT2D eigenvalue weighted by Crippen LogP contribution is -2.25. The van der Waals surface area contributed by atoms with Gasteiger partial charge in [-0.05, 0) is 31.5 Å². The van der Waals surface area contributed by atoms with Gasteiger partial charge in [0.2, 0.25) is 0 Å². The first-order valence-corrected chi connectivity index (χ1v) is 7.75. The molecule has 0 fully saturated rings. The van der Waals surface area contributed by atoms with Crippen LogP contribution in [0.1, 0.15) is 28.4 Å². The number of H-pyrrole nitrogens is 1. The van der Waals surface area contributed by atoms with Crippen molar-refractivity contribution in [2.45, 2.75) is 19.8 Å². The monoisotopic (exact) mass is 362 g/mol. The van der Waals surface area contributed by atoms with Crippen LogP contribution in [0.4, 0.5) is 0 Å². The fourth-order valence-corrected chi connectivity index (χ4v) is 2.66. The summed E-state index contributed by atoms with van der Waals surface area (Å²) in [5.41, 5.74) is 1.57. The lowest BCUT2D eigenvalue weighted by molar-refractivity contribution is 0.0927. The largest absolute Gasteiger partial charge is 0.451 e. The number of carbonyl (C=O) groups is 1. The van der Waals surface area contributed by atoms with Gasteiger partial charge in [-0.2, -0.15) is 5.10 Å². The average molecular weight is 363 g/mol. The van der Waals surface area contributed by atoms with Gasteiger partial charge < -0.3 is 9.73 Å². The number of benzene rings is 1. The van der Waals surface area contributed by atoms with Crippen LogP contribution >= 0.6 is 15.9 Å². The first-order valence-electron chi connectivity index (χ1n) is 6.96. The van der Waals surface area contributed by atoms with Gasteiger partial charge in [-0.1, -0.05) is 15.9 Å². The number of amides is 1. The van der Waals surface area contributed by atoms with Crippen LogP contribution in [0.2, 0.25) is 0 Å². The lowest BCUT2D eigenvalue weighted by atomic mass is 10.1. The summed E-state index contributed by atoms with van der Waals surface area (Å²) in [7, 11) is 0. The van der Waals surface area contributed by atoms with Crippen LogP contribution in [0, 0.1) is 6.92 Å². The third-order valence-electron chi connectivity index (χ3n) is 3.45. The number of furan rings is 1. The third kappa shape index (κ3) is 3.04. The zero-order valence-electron chi connectivity index (χ0n) is 12.0. The highest BCUT2D eigenvalue weighted by atomic mass is 79.9. The molecule has 2 heterocycles. The average Bonchev–Trinajstić information content (AvgIpc) is 3.12. The standard InChI is InChI=1S/C15H15BrN4O2/c1-9-11-7-10(16)4-5-12(11)22-14(9)15(21)17-6-2-3-13-18-8-19-20-13/h4-5,7-8H,2-3,6H2,1H3,(H,17,21)(H,18,19,20). The van der Waals surface area contributed by atoms with Gasteiger partial charge in [-0.3, -0.25) is 9.89 Å². The van der Waals surface area contributed by atoms with Crippen molar-refractivity contribution in [2.75, 3.05) is 6.54 Å². The number of fused-ring (bicyclic) bond motifs is 1. The predicted molar refractivity (Wildman–Crippen MR) is 85.7 cm³/mol. The van der Waals surface area contributed by atoms with Crippen LogP contribution in [0.5, 0.6) is 0 Å². The van der Waals surface area contributed by atoms with E-state index in [-0.39, 0.29) is 5.91 Å². The van der Waals surface area contributed by atoms with Gasteiger partial charge in [-0.15, -0.1) is 0 Å². The molecule has 1 amide bonds. The number of rotatable bonds is 5. The SMILES string of the molecule is Cc1c(C(=O)NCCCc2ncn[nH]2)oc2ccc(Br)cc12. The summed E-state index contributed by atoms with van der Waals surface area (Å²) < 4.78 is 6.62. The number of hydrogen-bond donors (Lipinski definition) is 2. The van der Waals surface area contributed by atoms with Gasteiger partial charge in [0.1, 0.15) is 17.7 Å². The van der Waals surface area contributed by atoms with Gasteiger partial charge in [0.15, 0.2) is 5.76 Å². The molecule has 6 nitrogen and oxygen atoms in total. The van der Waals surface area contributed by atoms with Crippen molar-refractivity contribution in [1.29, 1.82) is 0 Å². The molecule has 2 aromatic heterocycles. The molecule has 3 aromatic rings. The number of nitrogens with zero attached hydrogens (tertiary/aromatic N) is 2. The maximum absolute atomic E-state index is 12.2. The van der Waals surface area contributed by atoms with E-state index in [1.807, 2.05) is 25.1 Å². The first-order chi connectivity index (χ1) is 10.6. The van der Waals surface area contributed by atoms with Crippen LogP contribution in [0.15, 0.2) is 33.4 Å². The number of hydrogen-bond acceptors (Lipinski definition) is 4. The van der Waals surface area contributed by atoms with Crippen LogP contribution in [0.25, 0.3) is 11.0 Å². The lowest BCUT2D eigenvalue weighted by Gasteiger charge is -2.02. The first kappa shape index (κ1) is 14.8. The number of aromatic nitrogens is 3. The van der Waals surface area contributed by atoms with Crippen LogP contribution in [0.3, 0.4) is 0 Å². The molecule has 0 aliphatic heterocycles. The van der Waals surface area contributed by atoms with Crippen molar-refractivity contribution in [3.63, 3.8) is 0 Å². The second-order valence-corrected chi connectivity index (χ2v) is 5.90. The van der Waals surface area contributed by atoms with Crippen LogP contribution in [-0.4, -0.2) is 27.6 Å². The molecule has 0 unspecified atom stereocenters. The second kappa shape index (κ2) is 6.31. The summed E-state index contributed by atoms with van der Waals surface area (Å²) >= 11 is 3.43. The van der Waals surface area contributed by atoms with Gasteiger partial charge >= 0.3 is 0 Å². The minimum Gasteiger partial charge on any atom is -0.451 e. The Bertz CT molecular complexity index is 795. The van der Waals surface area contributed by atoms with E-state index >= 15 is 0 Å². The van der Waals surface area contributed by atoms with E-state index in [0.717, 1.165) is 34.1 Å². The Hall–Kier alpha value is -2.15. The van der Waals surface area contributed by atoms with E-state index in [1.165, 1.54) is 6.33 Å². The zero-order chi connectivity index (χ0) is 15.5. The smallest absolute Gasteiger partial charge is 0.287 e. The fourth-order valence-electron chi connectivity index (χ4n) is 2.30. The molecule has 3 rings (SSSR count). The molecule has 1 aromatic carbocycles. The van der Waals surface area contributed by atoms with Gasteiger partial charge in [0.05, 0.1) is 0 Å². The summed E-state index contributed by atoms with van der Waals surface area (Å²) in [4.78, 5) is 16.3. The van der Waals surface area contributed by atoms with E-state index in [2.05, 4.69) is 36.4 Å². The summed E-state index contributed by atoms with van der Waals surface area (Å²) in [5.74, 6) is 0.995. The molecule has 0 radical (unpaired) electrons. The van der Waals surface area contributed by atoms with E-state index in [0.29, 0.717) is 17.9 Å². The number of carbonyl (C=O) groups excluding carboxylic acids is 1. The maximum Gasteiger partial charge on any atom is 0.287 e. The Labute approximate surface area is 135 Å². The Morgan fingerprint density at radius 3 is 3.09 bits per heavy atom. The molecule has 0 aliphatic rings. The van der Waals surface area contributed by atoms with E-state index in [1.54, 1.807) is 0 Å². The molecule has 22 heavy (non-hydrogen) atoms. The summed E-state index contributed by atoms with van der Waals surface area (Å²) in [6.45, 7) is 2.45. The highest BCUT2D eigenvalue weighted by Gasteiger charge is 2.17. The molecule has 0 bridgehead atoms. The van der Waals surface area contributed by atoms with E-state index in [9.17, 15) is 4.79 Å². The quantitative estimate of drug-likeness (QED) is 0.683. The highest BCUT2D eigenvalue weighted by Crippen LogP contribution is 2.27. The van der Waals surface area contributed by atoms with Crippen LogP contribution < -0.4 is 5.32 Å². The fraction of sp³-hybridized carbons (Fsp3) is 0.267. The summed E-state index contributed by atoms with van der Waals surface area (Å²) in [6, 6.07) is 5.70. The summed E-state index contributed by atoms with van der Waals surface area (Å²) in [5, 5.41) is 10.4. The van der Waals surface area contributed by atoms with Gasteiger partial charge in [0.25, 0.3) is 5.91 Å². The minimum atomic E-state index is -0.192. The molecule has 7 heteroatoms. The number of aryl methyl sites for hydroxylation is 2. The van der Waals surface area contributed by atoms with Crippen molar-refractivity contribution >= 4 is 32.8 Å². The zero-order valence-corrected chi connectivity index (χ0v) is 13.6. The molecule has 0 saturated carbocycles. The second-order valence-electron chi connectivity index (χ2n) is 4.99. The van der Waals surface area contributed by atoms with Crippen molar-refractivity contribution in [3.05, 3.63) is 46.1 Å². The van der Waals surface area contributed by atoms with Gasteiger partial charge in [-0.25, -0.2) is 4.98 Å². The predicted octanol–water partition coefficient (Wildman–Crippen LogP) is 2.98. The van der Waals surface area contributed by atoms with Crippen molar-refractivity contribution in [3.8, 4) is 0 Å². The van der Waals surface area contributed by atoms with Crippen molar-refractivity contribution in [1.82, 2.24) is 20.5 Å². The van der Waals surface area contributed by atoms with Crippen molar-refractivity contribution < 1.29 is 9.21 Å². The molecule has 0 spiro atoms. The molecular weight excluding hydrogens is 348 g/mol. The Kier molecular flexibility index (Phi) is 4.24. The molecule has 0 atom stereocenters. The maximum atomic E-state index is 12.2. The Morgan fingerprint density at radius 1 is 1.45 bits per heavy atom. The highest BCUT2D eigenvalue weighted by molar-refractivity contribution is 9.10. The molecule has 0 aliphatic carbocycles. The Balaban J connectivity index is 1.63. The molecule has 0 saturated heterocycles. The van der Waals surface area contributed by atoms with Gasteiger partial charge in [0, 0.05) is 28.4 Å². The topological polar surface area (TPSA) is 83.8 Å². The van der Waals surface area contributed by atoms with E-state index in [4.69, 9.17) is 4.42 Å².